The number of ether oxygens (including phenoxy) is 1. The van der Waals surface area contributed by atoms with Gasteiger partial charge in [-0.05, 0) is 45.8 Å². The predicted octanol–water partition coefficient (Wildman–Crippen LogP) is 1.39. The Labute approximate surface area is 99.1 Å². The molecule has 0 spiro atoms. The van der Waals surface area contributed by atoms with Gasteiger partial charge in [0.2, 0.25) is 0 Å². The number of methoxy groups -OCH3 is 1. The summed E-state index contributed by atoms with van der Waals surface area (Å²) >= 11 is 0. The van der Waals surface area contributed by atoms with Crippen molar-refractivity contribution in [3.8, 4) is 0 Å². The number of hydrogen-bond donors (Lipinski definition) is 1. The van der Waals surface area contributed by atoms with Crippen LogP contribution in [-0.2, 0) is 9.53 Å². The van der Waals surface area contributed by atoms with Crippen LogP contribution in [0.1, 0.15) is 40.0 Å². The molecule has 0 radical (unpaired) electrons. The van der Waals surface area contributed by atoms with Crippen molar-refractivity contribution in [1.29, 1.82) is 0 Å². The van der Waals surface area contributed by atoms with Crippen molar-refractivity contribution in [3.05, 3.63) is 0 Å². The normalized spacial score (nSPS) is 14.9. The van der Waals surface area contributed by atoms with Crippen LogP contribution in [0.3, 0.4) is 0 Å². The van der Waals surface area contributed by atoms with Crippen LogP contribution in [0, 0.1) is 0 Å². The molecular weight excluding hydrogens is 204 g/mol. The number of rotatable bonds is 8. The summed E-state index contributed by atoms with van der Waals surface area (Å²) in [6.07, 6.45) is 2.71. The Hall–Kier alpha value is -0.610. The summed E-state index contributed by atoms with van der Waals surface area (Å²) in [5, 5.41) is 0. The molecule has 4 nitrogen and oxygen atoms in total. The van der Waals surface area contributed by atoms with E-state index >= 15 is 0 Å². The molecule has 0 amide bonds. The second-order valence-electron chi connectivity index (χ2n) is 4.39. The van der Waals surface area contributed by atoms with Crippen molar-refractivity contribution < 1.29 is 9.53 Å². The maximum atomic E-state index is 11.3. The second kappa shape index (κ2) is 7.63. The average molecular weight is 230 g/mol. The van der Waals surface area contributed by atoms with E-state index in [0.717, 1.165) is 32.5 Å². The van der Waals surface area contributed by atoms with E-state index in [1.807, 2.05) is 0 Å². The van der Waals surface area contributed by atoms with Crippen LogP contribution >= 0.6 is 0 Å². The van der Waals surface area contributed by atoms with Crippen molar-refractivity contribution in [2.75, 3.05) is 26.7 Å². The number of esters is 1. The summed E-state index contributed by atoms with van der Waals surface area (Å²) in [6.45, 7) is 9.28. The molecule has 0 rings (SSSR count). The second-order valence-corrected chi connectivity index (χ2v) is 4.39. The van der Waals surface area contributed by atoms with E-state index in [1.54, 1.807) is 6.92 Å². The van der Waals surface area contributed by atoms with Gasteiger partial charge >= 0.3 is 5.97 Å². The molecule has 0 aliphatic rings. The minimum absolute atomic E-state index is 0.324. The summed E-state index contributed by atoms with van der Waals surface area (Å²) in [5.74, 6) is -0.324. The Kier molecular flexibility index (Phi) is 7.34. The molecule has 0 bridgehead atoms. The van der Waals surface area contributed by atoms with Gasteiger partial charge in [-0.15, -0.1) is 0 Å². The Morgan fingerprint density at radius 2 is 1.88 bits per heavy atom. The van der Waals surface area contributed by atoms with Crippen LogP contribution in [0.5, 0.6) is 0 Å². The largest absolute Gasteiger partial charge is 0.468 e. The van der Waals surface area contributed by atoms with E-state index in [4.69, 9.17) is 5.73 Å². The van der Waals surface area contributed by atoms with E-state index in [2.05, 4.69) is 23.5 Å². The summed E-state index contributed by atoms with van der Waals surface area (Å²) in [5.41, 5.74) is 5.03. The molecular formula is C12H26N2O2. The third kappa shape index (κ3) is 5.47. The zero-order valence-electron chi connectivity index (χ0n) is 11.1. The highest BCUT2D eigenvalue weighted by molar-refractivity contribution is 5.79. The van der Waals surface area contributed by atoms with E-state index in [9.17, 15) is 4.79 Å². The fraction of sp³-hybridized carbons (Fsp3) is 0.917. The Morgan fingerprint density at radius 1 is 1.31 bits per heavy atom. The number of carbonyl (C=O) groups is 1. The summed E-state index contributed by atoms with van der Waals surface area (Å²) in [6, 6.07) is 0. The highest BCUT2D eigenvalue weighted by Crippen LogP contribution is 2.12. The SMILES string of the molecule is CCN(CC)CCCCC(C)(N)C(=O)OC. The molecule has 16 heavy (non-hydrogen) atoms. The topological polar surface area (TPSA) is 55.6 Å². The summed E-state index contributed by atoms with van der Waals surface area (Å²) in [4.78, 5) is 13.7. The van der Waals surface area contributed by atoms with Gasteiger partial charge in [0.05, 0.1) is 7.11 Å². The maximum absolute atomic E-state index is 11.3. The van der Waals surface area contributed by atoms with E-state index < -0.39 is 5.54 Å². The lowest BCUT2D eigenvalue weighted by Crippen LogP contribution is -2.45. The molecule has 0 saturated heterocycles. The lowest BCUT2D eigenvalue weighted by Gasteiger charge is -2.22. The number of nitrogens with zero attached hydrogens (tertiary/aromatic N) is 1. The molecule has 0 aliphatic heterocycles. The standard InChI is InChI=1S/C12H26N2O2/c1-5-14(6-2)10-8-7-9-12(3,13)11(15)16-4/h5-10,13H2,1-4H3. The monoisotopic (exact) mass is 230 g/mol. The first-order valence-electron chi connectivity index (χ1n) is 6.07. The fourth-order valence-electron chi connectivity index (χ4n) is 1.70. The Morgan fingerprint density at radius 3 is 2.31 bits per heavy atom. The van der Waals surface area contributed by atoms with Gasteiger partial charge in [-0.2, -0.15) is 0 Å². The van der Waals surface area contributed by atoms with E-state index in [-0.39, 0.29) is 5.97 Å². The van der Waals surface area contributed by atoms with Crippen molar-refractivity contribution >= 4 is 5.97 Å². The quantitative estimate of drug-likeness (QED) is 0.506. The van der Waals surface area contributed by atoms with Crippen molar-refractivity contribution in [2.24, 2.45) is 5.73 Å². The number of nitrogens with two attached hydrogens (primary N) is 1. The molecule has 4 heteroatoms. The molecule has 96 valence electrons. The highest BCUT2D eigenvalue weighted by Gasteiger charge is 2.28. The van der Waals surface area contributed by atoms with Crippen LogP contribution < -0.4 is 5.73 Å². The lowest BCUT2D eigenvalue weighted by molar-refractivity contribution is -0.146. The van der Waals surface area contributed by atoms with Gasteiger partial charge in [-0.1, -0.05) is 13.8 Å². The minimum Gasteiger partial charge on any atom is -0.468 e. The van der Waals surface area contributed by atoms with E-state index in [1.165, 1.54) is 7.11 Å². The molecule has 1 unspecified atom stereocenters. The third-order valence-corrected chi connectivity index (χ3v) is 2.97. The molecule has 0 fully saturated rings. The van der Waals surface area contributed by atoms with Gasteiger partial charge in [0.15, 0.2) is 0 Å². The molecule has 1 atom stereocenters. The first kappa shape index (κ1) is 15.4. The van der Waals surface area contributed by atoms with Crippen LogP contribution in [0.2, 0.25) is 0 Å². The van der Waals surface area contributed by atoms with Gasteiger partial charge in [0.1, 0.15) is 5.54 Å². The van der Waals surface area contributed by atoms with Gasteiger partial charge in [0, 0.05) is 0 Å². The first-order valence-corrected chi connectivity index (χ1v) is 6.07. The van der Waals surface area contributed by atoms with Gasteiger partial charge in [-0.3, -0.25) is 4.79 Å². The van der Waals surface area contributed by atoms with Crippen LogP contribution in [-0.4, -0.2) is 43.2 Å². The predicted molar refractivity (Wildman–Crippen MR) is 66.2 cm³/mol. The van der Waals surface area contributed by atoms with Crippen LogP contribution in [0.25, 0.3) is 0 Å². The van der Waals surface area contributed by atoms with Gasteiger partial charge < -0.3 is 15.4 Å². The first-order chi connectivity index (χ1) is 7.47. The Bertz CT molecular complexity index is 201. The lowest BCUT2D eigenvalue weighted by atomic mass is 9.96. The highest BCUT2D eigenvalue weighted by atomic mass is 16.5. The number of unbranched alkanes of at least 4 members (excludes halogenated alkanes) is 1. The van der Waals surface area contributed by atoms with Gasteiger partial charge in [0.25, 0.3) is 0 Å². The smallest absolute Gasteiger partial charge is 0.325 e. The Balaban J connectivity index is 3.77. The van der Waals surface area contributed by atoms with Crippen molar-refractivity contribution in [2.45, 2.75) is 45.6 Å². The molecule has 2 N–H and O–H groups in total. The van der Waals surface area contributed by atoms with Gasteiger partial charge in [-0.25, -0.2) is 0 Å². The average Bonchev–Trinajstić information content (AvgIpc) is 2.28. The molecule has 0 aliphatic carbocycles. The molecule has 0 aromatic carbocycles. The molecule has 0 aromatic heterocycles. The van der Waals surface area contributed by atoms with Crippen LogP contribution in [0.15, 0.2) is 0 Å². The number of carbonyl (C=O) groups excluding carboxylic acids is 1. The van der Waals surface area contributed by atoms with E-state index in [0.29, 0.717) is 6.42 Å². The fourth-order valence-corrected chi connectivity index (χ4v) is 1.70. The van der Waals surface area contributed by atoms with Crippen molar-refractivity contribution in [1.82, 2.24) is 4.90 Å². The minimum atomic E-state index is -0.835. The molecule has 0 heterocycles. The molecule has 0 aromatic rings. The maximum Gasteiger partial charge on any atom is 0.325 e. The zero-order valence-corrected chi connectivity index (χ0v) is 11.1. The van der Waals surface area contributed by atoms with Crippen molar-refractivity contribution in [3.63, 3.8) is 0 Å². The molecule has 0 saturated carbocycles. The third-order valence-electron chi connectivity index (χ3n) is 2.97. The van der Waals surface area contributed by atoms with Crippen LogP contribution in [0.4, 0.5) is 0 Å². The number of hydrogen-bond acceptors (Lipinski definition) is 4. The summed E-state index contributed by atoms with van der Waals surface area (Å²) in [7, 11) is 1.38. The zero-order chi connectivity index (χ0) is 12.6. The summed E-state index contributed by atoms with van der Waals surface area (Å²) < 4.78 is 4.66.